The monoisotopic (exact) mass is 305 g/mol. The quantitative estimate of drug-likeness (QED) is 0.731. The highest BCUT2D eigenvalue weighted by Gasteiger charge is 2.10. The number of amides is 1. The minimum absolute atomic E-state index is 0.193. The molecule has 2 aromatic rings. The number of benzene rings is 1. The zero-order valence-electron chi connectivity index (χ0n) is 12.0. The van der Waals surface area contributed by atoms with Gasteiger partial charge in [-0.05, 0) is 12.6 Å². The van der Waals surface area contributed by atoms with Crippen LogP contribution in [0.1, 0.15) is 21.9 Å². The maximum Gasteiger partial charge on any atom is 0.273 e. The lowest BCUT2D eigenvalue weighted by molar-refractivity contribution is 0.0951. The Kier molecular flexibility index (Phi) is 6.30. The highest BCUT2D eigenvalue weighted by Crippen LogP contribution is 2.10. The summed E-state index contributed by atoms with van der Waals surface area (Å²) < 4.78 is 5.17. The number of oxazole rings is 1. The number of nitrogens with one attached hydrogen (secondary N) is 2. The summed E-state index contributed by atoms with van der Waals surface area (Å²) in [6.45, 7) is 1.13. The Balaban J connectivity index is 1.64. The fourth-order valence-electron chi connectivity index (χ4n) is 1.74. The second-order valence-corrected chi connectivity index (χ2v) is 5.56. The molecule has 1 aromatic heterocycles. The van der Waals surface area contributed by atoms with Crippen molar-refractivity contribution >= 4 is 17.7 Å². The van der Waals surface area contributed by atoms with Gasteiger partial charge in [0.05, 0.1) is 6.54 Å². The largest absolute Gasteiger partial charge is 0.447 e. The standard InChI is InChI=1S/C15H19N3O2S/c1-16-9-14-18-13(10-20-14)15(19)17-7-8-21-11-12-5-3-2-4-6-12/h2-6,10,16H,7-9,11H2,1H3,(H,17,19). The van der Waals surface area contributed by atoms with Crippen molar-refractivity contribution in [1.82, 2.24) is 15.6 Å². The van der Waals surface area contributed by atoms with Gasteiger partial charge in [-0.15, -0.1) is 0 Å². The number of rotatable bonds is 8. The normalized spacial score (nSPS) is 10.5. The third-order valence-electron chi connectivity index (χ3n) is 2.76. The zero-order chi connectivity index (χ0) is 14.9. The summed E-state index contributed by atoms with van der Waals surface area (Å²) in [5.41, 5.74) is 1.62. The van der Waals surface area contributed by atoms with Crippen molar-refractivity contribution < 1.29 is 9.21 Å². The van der Waals surface area contributed by atoms with Crippen molar-refractivity contribution in [2.24, 2.45) is 0 Å². The minimum atomic E-state index is -0.193. The predicted octanol–water partition coefficient (Wildman–Crippen LogP) is 2.06. The molecule has 0 radical (unpaired) electrons. The predicted molar refractivity (Wildman–Crippen MR) is 84.2 cm³/mol. The van der Waals surface area contributed by atoms with E-state index < -0.39 is 0 Å². The highest BCUT2D eigenvalue weighted by molar-refractivity contribution is 7.98. The summed E-state index contributed by atoms with van der Waals surface area (Å²) in [7, 11) is 1.80. The van der Waals surface area contributed by atoms with Gasteiger partial charge in [-0.1, -0.05) is 30.3 Å². The second-order valence-electron chi connectivity index (χ2n) is 4.45. The van der Waals surface area contributed by atoms with Gasteiger partial charge in [-0.25, -0.2) is 4.98 Å². The van der Waals surface area contributed by atoms with Gasteiger partial charge in [0.25, 0.3) is 5.91 Å². The molecule has 21 heavy (non-hydrogen) atoms. The average molecular weight is 305 g/mol. The van der Waals surface area contributed by atoms with Crippen molar-refractivity contribution in [3.63, 3.8) is 0 Å². The lowest BCUT2D eigenvalue weighted by Gasteiger charge is -2.03. The fourth-order valence-corrected chi connectivity index (χ4v) is 2.56. The Morgan fingerprint density at radius 1 is 1.33 bits per heavy atom. The Bertz CT molecular complexity index is 557. The van der Waals surface area contributed by atoms with Gasteiger partial charge in [-0.2, -0.15) is 11.8 Å². The number of hydrogen-bond donors (Lipinski definition) is 2. The van der Waals surface area contributed by atoms with Crippen LogP contribution in [-0.2, 0) is 12.3 Å². The van der Waals surface area contributed by atoms with Gasteiger partial charge < -0.3 is 15.1 Å². The molecule has 0 saturated heterocycles. The molecule has 1 amide bonds. The SMILES string of the molecule is CNCc1nc(C(=O)NCCSCc2ccccc2)co1. The van der Waals surface area contributed by atoms with Gasteiger partial charge in [0.15, 0.2) is 5.69 Å². The van der Waals surface area contributed by atoms with Crippen LogP contribution in [0.2, 0.25) is 0 Å². The molecular weight excluding hydrogens is 286 g/mol. The summed E-state index contributed by atoms with van der Waals surface area (Å²) >= 11 is 1.79. The third-order valence-corrected chi connectivity index (χ3v) is 3.79. The number of carbonyl (C=O) groups excluding carboxylic acids is 1. The number of thioether (sulfide) groups is 1. The minimum Gasteiger partial charge on any atom is -0.447 e. The van der Waals surface area contributed by atoms with Crippen LogP contribution in [0.5, 0.6) is 0 Å². The van der Waals surface area contributed by atoms with Crippen molar-refractivity contribution in [2.75, 3.05) is 19.3 Å². The molecule has 112 valence electrons. The van der Waals surface area contributed by atoms with Crippen LogP contribution in [0.3, 0.4) is 0 Å². The maximum absolute atomic E-state index is 11.8. The summed E-state index contributed by atoms with van der Waals surface area (Å²) in [6.07, 6.45) is 1.39. The molecule has 0 fully saturated rings. The number of nitrogens with zero attached hydrogens (tertiary/aromatic N) is 1. The highest BCUT2D eigenvalue weighted by atomic mass is 32.2. The molecule has 5 nitrogen and oxygen atoms in total. The smallest absolute Gasteiger partial charge is 0.273 e. The van der Waals surface area contributed by atoms with E-state index in [1.807, 2.05) is 18.2 Å². The van der Waals surface area contributed by atoms with Gasteiger partial charge in [0, 0.05) is 18.1 Å². The molecule has 1 heterocycles. The maximum atomic E-state index is 11.8. The molecule has 0 spiro atoms. The van der Waals surface area contributed by atoms with Gasteiger partial charge in [-0.3, -0.25) is 4.79 Å². The van der Waals surface area contributed by atoms with Crippen molar-refractivity contribution in [3.05, 3.63) is 53.7 Å². The second kappa shape index (κ2) is 8.49. The zero-order valence-corrected chi connectivity index (χ0v) is 12.8. The molecule has 0 saturated carbocycles. The Morgan fingerprint density at radius 3 is 2.90 bits per heavy atom. The van der Waals surface area contributed by atoms with Crippen molar-refractivity contribution in [3.8, 4) is 0 Å². The molecule has 0 bridgehead atoms. The first kappa shape index (κ1) is 15.6. The van der Waals surface area contributed by atoms with Crippen LogP contribution in [0.4, 0.5) is 0 Å². The van der Waals surface area contributed by atoms with Crippen LogP contribution < -0.4 is 10.6 Å². The van der Waals surface area contributed by atoms with E-state index in [1.54, 1.807) is 18.8 Å². The van der Waals surface area contributed by atoms with Gasteiger partial charge >= 0.3 is 0 Å². The molecule has 0 unspecified atom stereocenters. The van der Waals surface area contributed by atoms with E-state index >= 15 is 0 Å². The van der Waals surface area contributed by atoms with E-state index in [0.29, 0.717) is 24.7 Å². The first-order chi connectivity index (χ1) is 10.3. The van der Waals surface area contributed by atoms with E-state index in [-0.39, 0.29) is 5.91 Å². The Morgan fingerprint density at radius 2 is 2.14 bits per heavy atom. The summed E-state index contributed by atoms with van der Waals surface area (Å²) in [6, 6.07) is 10.3. The number of aromatic nitrogens is 1. The van der Waals surface area contributed by atoms with E-state index in [1.165, 1.54) is 11.8 Å². The molecule has 0 aliphatic heterocycles. The topological polar surface area (TPSA) is 67.2 Å². The van der Waals surface area contributed by atoms with Crippen molar-refractivity contribution in [1.29, 1.82) is 0 Å². The van der Waals surface area contributed by atoms with Crippen molar-refractivity contribution in [2.45, 2.75) is 12.3 Å². The molecule has 2 rings (SSSR count). The molecular formula is C15H19N3O2S. The fraction of sp³-hybridized carbons (Fsp3) is 0.333. The van der Waals surface area contributed by atoms with E-state index in [0.717, 1.165) is 11.5 Å². The average Bonchev–Trinajstić information content (AvgIpc) is 2.97. The molecule has 1 aromatic carbocycles. The van der Waals surface area contributed by atoms with Crippen LogP contribution in [0.15, 0.2) is 41.0 Å². The molecule has 2 N–H and O–H groups in total. The van der Waals surface area contributed by atoms with E-state index in [4.69, 9.17) is 4.42 Å². The van der Waals surface area contributed by atoms with Crippen LogP contribution in [-0.4, -0.2) is 30.2 Å². The van der Waals surface area contributed by atoms with Crippen LogP contribution in [0.25, 0.3) is 0 Å². The lowest BCUT2D eigenvalue weighted by Crippen LogP contribution is -2.26. The van der Waals surface area contributed by atoms with Gasteiger partial charge in [0.1, 0.15) is 6.26 Å². The summed E-state index contributed by atoms with van der Waals surface area (Å²) in [5.74, 6) is 2.14. The first-order valence-corrected chi connectivity index (χ1v) is 7.94. The summed E-state index contributed by atoms with van der Waals surface area (Å²) in [4.78, 5) is 15.9. The third kappa shape index (κ3) is 5.24. The summed E-state index contributed by atoms with van der Waals surface area (Å²) in [5, 5.41) is 5.76. The molecule has 0 aliphatic carbocycles. The van der Waals surface area contributed by atoms with E-state index in [9.17, 15) is 4.79 Å². The molecule has 0 atom stereocenters. The van der Waals surface area contributed by atoms with Gasteiger partial charge in [0.2, 0.25) is 5.89 Å². The Hall–Kier alpha value is -1.79. The lowest BCUT2D eigenvalue weighted by atomic mass is 10.2. The molecule has 0 aliphatic rings. The number of hydrogen-bond acceptors (Lipinski definition) is 5. The van der Waals surface area contributed by atoms with E-state index in [2.05, 4.69) is 27.8 Å². The number of carbonyl (C=O) groups is 1. The van der Waals surface area contributed by atoms with Crippen LogP contribution >= 0.6 is 11.8 Å². The molecule has 6 heteroatoms. The first-order valence-electron chi connectivity index (χ1n) is 6.78. The Labute approximate surface area is 128 Å². The van der Waals surface area contributed by atoms with Crippen LogP contribution in [0, 0.1) is 0 Å².